The first-order valence-electron chi connectivity index (χ1n) is 10.1. The van der Waals surface area contributed by atoms with E-state index in [0.29, 0.717) is 40.2 Å². The summed E-state index contributed by atoms with van der Waals surface area (Å²) in [6.07, 6.45) is 0. The molecular weight excluding hydrogens is 448 g/mol. The van der Waals surface area contributed by atoms with Crippen LogP contribution in [0.25, 0.3) is 5.70 Å². The first-order valence-corrected chi connectivity index (χ1v) is 10.9. The van der Waals surface area contributed by atoms with Crippen molar-refractivity contribution in [3.05, 3.63) is 58.7 Å². The minimum absolute atomic E-state index is 0.476. The number of hydrogen-bond donors (Lipinski definition) is 3. The van der Waals surface area contributed by atoms with E-state index in [1.807, 2.05) is 42.5 Å². The number of para-hydroxylation sites is 1. The Labute approximate surface area is 199 Å². The molecule has 172 valence electrons. The molecule has 0 aliphatic carbocycles. The molecule has 0 amide bonds. The van der Waals surface area contributed by atoms with Crippen molar-refractivity contribution in [1.82, 2.24) is 9.91 Å². The lowest BCUT2D eigenvalue weighted by Gasteiger charge is -2.39. The van der Waals surface area contributed by atoms with Crippen LogP contribution in [0.5, 0.6) is 5.75 Å². The fraction of sp³-hybridized carbons (Fsp3) is 0.318. The van der Waals surface area contributed by atoms with E-state index in [1.165, 1.54) is 5.01 Å². The molecule has 0 aromatic heterocycles. The number of piperazine rings is 1. The van der Waals surface area contributed by atoms with Crippen molar-refractivity contribution in [3.63, 3.8) is 0 Å². The Morgan fingerprint density at radius 3 is 2.41 bits per heavy atom. The summed E-state index contributed by atoms with van der Waals surface area (Å²) in [5, 5.41) is 2.13. The molecule has 1 saturated heterocycles. The standard InChI is InChI=1S/C22H29ClN6O2S/c1-27(25)21(20(24)16-6-4-5-7-19(16)30-2)22(32)29-12-10-28(11-13-29)18-9-8-15(26-31-3)14-17(18)23/h4-9,14,26H,10-13,24-25H2,1-3H3/b21-20-. The quantitative estimate of drug-likeness (QED) is 0.241. The Bertz CT molecular complexity index is 992. The van der Waals surface area contributed by atoms with Crippen LogP contribution in [-0.4, -0.2) is 62.3 Å². The number of thiocarbonyl (C=S) groups is 1. The second-order valence-corrected chi connectivity index (χ2v) is 8.12. The fourth-order valence-corrected chi connectivity index (χ4v) is 4.43. The van der Waals surface area contributed by atoms with Gasteiger partial charge in [0.2, 0.25) is 0 Å². The zero-order valence-corrected chi connectivity index (χ0v) is 20.0. The number of ether oxygens (including phenoxy) is 1. The van der Waals surface area contributed by atoms with E-state index in [0.717, 1.165) is 30.0 Å². The van der Waals surface area contributed by atoms with Crippen LogP contribution >= 0.6 is 23.8 Å². The van der Waals surface area contributed by atoms with Gasteiger partial charge < -0.3 is 25.3 Å². The summed E-state index contributed by atoms with van der Waals surface area (Å²) in [5.74, 6) is 6.81. The molecule has 0 unspecified atom stereocenters. The zero-order valence-electron chi connectivity index (χ0n) is 18.5. The molecule has 3 rings (SSSR count). The highest BCUT2D eigenvalue weighted by Gasteiger charge is 2.26. The van der Waals surface area contributed by atoms with Gasteiger partial charge in [0.25, 0.3) is 0 Å². The maximum Gasteiger partial charge on any atom is 0.129 e. The molecule has 32 heavy (non-hydrogen) atoms. The summed E-state index contributed by atoms with van der Waals surface area (Å²) in [4.78, 5) is 9.88. The van der Waals surface area contributed by atoms with Crippen molar-refractivity contribution >= 4 is 45.9 Å². The molecule has 0 bridgehead atoms. The minimum Gasteiger partial charge on any atom is -0.496 e. The number of hydrazine groups is 1. The first kappa shape index (κ1) is 23.9. The fourth-order valence-electron chi connectivity index (χ4n) is 3.70. The molecule has 1 heterocycles. The van der Waals surface area contributed by atoms with Gasteiger partial charge in [0.1, 0.15) is 16.4 Å². The molecule has 0 radical (unpaired) electrons. The van der Waals surface area contributed by atoms with E-state index < -0.39 is 0 Å². The third-order valence-corrected chi connectivity index (χ3v) is 6.04. The van der Waals surface area contributed by atoms with Crippen LogP contribution in [0.3, 0.4) is 0 Å². The molecule has 10 heteroatoms. The van der Waals surface area contributed by atoms with Gasteiger partial charge in [-0.1, -0.05) is 36.0 Å². The molecule has 0 atom stereocenters. The number of nitrogens with zero attached hydrogens (tertiary/aromatic N) is 3. The number of likely N-dealkylation sites (N-methyl/N-ethyl adjacent to an activating group) is 1. The van der Waals surface area contributed by atoms with Crippen molar-refractivity contribution in [1.29, 1.82) is 0 Å². The summed E-state index contributed by atoms with van der Waals surface area (Å²) in [7, 11) is 4.90. The van der Waals surface area contributed by atoms with E-state index in [4.69, 9.17) is 45.0 Å². The number of rotatable bonds is 7. The van der Waals surface area contributed by atoms with Gasteiger partial charge in [0.05, 0.1) is 36.3 Å². The highest BCUT2D eigenvalue weighted by Crippen LogP contribution is 2.31. The molecule has 1 aliphatic rings. The van der Waals surface area contributed by atoms with Crippen LogP contribution in [0, 0.1) is 0 Å². The Kier molecular flexibility index (Phi) is 8.03. The lowest BCUT2D eigenvalue weighted by molar-refractivity contribution is 0.271. The molecule has 1 aliphatic heterocycles. The normalized spacial score (nSPS) is 14.7. The maximum absolute atomic E-state index is 6.52. The van der Waals surface area contributed by atoms with Crippen molar-refractivity contribution in [2.24, 2.45) is 11.6 Å². The van der Waals surface area contributed by atoms with Crippen LogP contribution in [0.4, 0.5) is 11.4 Å². The molecule has 0 saturated carbocycles. The van der Waals surface area contributed by atoms with Gasteiger partial charge in [-0.25, -0.2) is 5.84 Å². The van der Waals surface area contributed by atoms with Gasteiger partial charge in [-0.2, -0.15) is 0 Å². The maximum atomic E-state index is 6.52. The van der Waals surface area contributed by atoms with E-state index in [1.54, 1.807) is 21.3 Å². The summed E-state index contributed by atoms with van der Waals surface area (Å²) in [6, 6.07) is 13.3. The first-order chi connectivity index (χ1) is 15.4. The minimum atomic E-state index is 0.476. The summed E-state index contributed by atoms with van der Waals surface area (Å²) >= 11 is 12.3. The zero-order chi connectivity index (χ0) is 23.3. The molecule has 8 nitrogen and oxygen atoms in total. The van der Waals surface area contributed by atoms with E-state index in [-0.39, 0.29) is 0 Å². The monoisotopic (exact) mass is 476 g/mol. The SMILES string of the molecule is CONc1ccc(N2CCN(C(=S)/C(=C(/N)c3ccccc3OC)N(C)N)CC2)c(Cl)c1. The third-order valence-electron chi connectivity index (χ3n) is 5.28. The second-order valence-electron chi connectivity index (χ2n) is 7.33. The van der Waals surface area contributed by atoms with Gasteiger partial charge in [-0.15, -0.1) is 0 Å². The number of methoxy groups -OCH3 is 1. The van der Waals surface area contributed by atoms with E-state index >= 15 is 0 Å². The van der Waals surface area contributed by atoms with Crippen LogP contribution < -0.4 is 26.7 Å². The number of benzene rings is 2. The highest BCUT2D eigenvalue weighted by molar-refractivity contribution is 7.80. The highest BCUT2D eigenvalue weighted by atomic mass is 35.5. The lowest BCUT2D eigenvalue weighted by Crippen LogP contribution is -2.50. The van der Waals surface area contributed by atoms with Crippen molar-refractivity contribution in [2.75, 3.05) is 57.8 Å². The summed E-state index contributed by atoms with van der Waals surface area (Å²) in [5.41, 5.74) is 12.9. The number of nitrogens with one attached hydrogen (secondary N) is 1. The van der Waals surface area contributed by atoms with Crippen LogP contribution in [0.1, 0.15) is 5.56 Å². The predicted octanol–water partition coefficient (Wildman–Crippen LogP) is 2.90. The van der Waals surface area contributed by atoms with Gasteiger partial charge >= 0.3 is 0 Å². The Morgan fingerprint density at radius 1 is 1.12 bits per heavy atom. The van der Waals surface area contributed by atoms with Crippen molar-refractivity contribution < 1.29 is 9.57 Å². The molecule has 2 aromatic carbocycles. The number of nitrogens with two attached hydrogens (primary N) is 2. The smallest absolute Gasteiger partial charge is 0.129 e. The average molecular weight is 477 g/mol. The van der Waals surface area contributed by atoms with Gasteiger partial charge in [-0.05, 0) is 30.3 Å². The van der Waals surface area contributed by atoms with Crippen molar-refractivity contribution in [3.8, 4) is 5.75 Å². The molecule has 5 N–H and O–H groups in total. The number of hydrogen-bond acceptors (Lipinski definition) is 8. The Balaban J connectivity index is 1.77. The van der Waals surface area contributed by atoms with Crippen LogP contribution in [-0.2, 0) is 4.84 Å². The number of halogens is 1. The molecule has 0 spiro atoms. The summed E-state index contributed by atoms with van der Waals surface area (Å²) in [6.45, 7) is 2.94. The number of anilines is 2. The van der Waals surface area contributed by atoms with Gasteiger partial charge in [-0.3, -0.25) is 10.3 Å². The topological polar surface area (TPSA) is 92.2 Å². The largest absolute Gasteiger partial charge is 0.496 e. The molecule has 1 fully saturated rings. The van der Waals surface area contributed by atoms with Gasteiger partial charge in [0.15, 0.2) is 0 Å². The molecular formula is C22H29ClN6O2S. The lowest BCUT2D eigenvalue weighted by atomic mass is 10.1. The van der Waals surface area contributed by atoms with Gasteiger partial charge in [0, 0.05) is 38.8 Å². The van der Waals surface area contributed by atoms with Crippen molar-refractivity contribution in [2.45, 2.75) is 0 Å². The Morgan fingerprint density at radius 2 is 1.81 bits per heavy atom. The van der Waals surface area contributed by atoms with Crippen LogP contribution in [0.15, 0.2) is 48.2 Å². The van der Waals surface area contributed by atoms with E-state index in [2.05, 4.69) is 15.3 Å². The Hall–Kier alpha value is -2.72. The average Bonchev–Trinajstić information content (AvgIpc) is 2.79. The van der Waals surface area contributed by atoms with E-state index in [9.17, 15) is 0 Å². The second kappa shape index (κ2) is 10.7. The molecule has 2 aromatic rings. The van der Waals surface area contributed by atoms with Crippen LogP contribution in [0.2, 0.25) is 5.02 Å². The predicted molar refractivity (Wildman–Crippen MR) is 135 cm³/mol. The summed E-state index contributed by atoms with van der Waals surface area (Å²) < 4.78 is 5.46. The third kappa shape index (κ3) is 5.18.